The lowest BCUT2D eigenvalue weighted by molar-refractivity contribution is 0.435. The topological polar surface area (TPSA) is 20.2 Å². The van der Waals surface area contributed by atoms with Crippen LogP contribution in [0.15, 0.2) is 12.1 Å². The van der Waals surface area contributed by atoms with Gasteiger partial charge in [0.05, 0.1) is 0 Å². The summed E-state index contributed by atoms with van der Waals surface area (Å²) in [5, 5.41) is 10.2. The zero-order valence-electron chi connectivity index (χ0n) is 11.3. The molecule has 0 saturated heterocycles. The summed E-state index contributed by atoms with van der Waals surface area (Å²) in [5.74, 6) is 1.57. The molecular weight excluding hydrogens is 208 g/mol. The van der Waals surface area contributed by atoms with E-state index >= 15 is 0 Å². The van der Waals surface area contributed by atoms with Gasteiger partial charge in [0.15, 0.2) is 0 Å². The fourth-order valence-electron chi connectivity index (χ4n) is 3.23. The van der Waals surface area contributed by atoms with E-state index in [-0.39, 0.29) is 0 Å². The molecule has 0 spiro atoms. The quantitative estimate of drug-likeness (QED) is 0.771. The molecule has 1 N–H and O–H groups in total. The molecular formula is C16H24O. The molecule has 1 aliphatic rings. The Morgan fingerprint density at radius 3 is 2.29 bits per heavy atom. The van der Waals surface area contributed by atoms with E-state index in [2.05, 4.69) is 26.8 Å². The Morgan fingerprint density at radius 2 is 1.76 bits per heavy atom. The summed E-state index contributed by atoms with van der Waals surface area (Å²) in [5.41, 5.74) is 3.72. The van der Waals surface area contributed by atoms with Crippen LogP contribution in [0, 0.1) is 6.92 Å². The smallest absolute Gasteiger partial charge is 0.119 e. The van der Waals surface area contributed by atoms with Crippen LogP contribution in [0.2, 0.25) is 0 Å². The molecule has 1 aliphatic carbocycles. The van der Waals surface area contributed by atoms with Crippen LogP contribution >= 0.6 is 0 Å². The summed E-state index contributed by atoms with van der Waals surface area (Å²) in [7, 11) is 0. The van der Waals surface area contributed by atoms with Crippen LogP contribution in [-0.4, -0.2) is 5.11 Å². The van der Waals surface area contributed by atoms with Gasteiger partial charge in [0.2, 0.25) is 0 Å². The molecule has 2 rings (SSSR count). The van der Waals surface area contributed by atoms with Gasteiger partial charge < -0.3 is 5.11 Å². The molecule has 0 unspecified atom stereocenters. The predicted octanol–water partition coefficient (Wildman–Crippen LogP) is 4.87. The minimum absolute atomic E-state index is 0.399. The molecule has 0 amide bonds. The lowest BCUT2D eigenvalue weighted by Gasteiger charge is -2.24. The maximum Gasteiger partial charge on any atom is 0.119 e. The van der Waals surface area contributed by atoms with Gasteiger partial charge in [-0.05, 0) is 54.4 Å². The second-order valence-electron chi connectivity index (χ2n) is 5.76. The van der Waals surface area contributed by atoms with Gasteiger partial charge >= 0.3 is 0 Å². The summed E-state index contributed by atoms with van der Waals surface area (Å²) >= 11 is 0. The van der Waals surface area contributed by atoms with Gasteiger partial charge in [0.25, 0.3) is 0 Å². The number of benzene rings is 1. The molecule has 0 heterocycles. The number of rotatable bonds is 2. The van der Waals surface area contributed by atoms with Crippen molar-refractivity contribution in [3.63, 3.8) is 0 Å². The molecule has 1 aromatic rings. The van der Waals surface area contributed by atoms with Crippen molar-refractivity contribution < 1.29 is 5.11 Å². The molecule has 1 nitrogen and oxygen atoms in total. The van der Waals surface area contributed by atoms with Crippen molar-refractivity contribution in [2.24, 2.45) is 0 Å². The minimum atomic E-state index is 0.399. The molecule has 1 saturated carbocycles. The van der Waals surface area contributed by atoms with Crippen molar-refractivity contribution in [1.82, 2.24) is 0 Å². The third-order valence-corrected chi connectivity index (χ3v) is 4.04. The molecule has 94 valence electrons. The highest BCUT2D eigenvalue weighted by Gasteiger charge is 2.18. The molecule has 0 radical (unpaired) electrons. The Bertz CT molecular complexity index is 364. The fraction of sp³-hybridized carbons (Fsp3) is 0.625. The van der Waals surface area contributed by atoms with E-state index in [0.717, 1.165) is 5.56 Å². The first-order valence-corrected chi connectivity index (χ1v) is 6.93. The lowest BCUT2D eigenvalue weighted by Crippen LogP contribution is -2.05. The Kier molecular flexibility index (Phi) is 3.76. The third-order valence-electron chi connectivity index (χ3n) is 4.04. The minimum Gasteiger partial charge on any atom is -0.508 e. The summed E-state index contributed by atoms with van der Waals surface area (Å²) < 4.78 is 0. The van der Waals surface area contributed by atoms with E-state index < -0.39 is 0 Å². The predicted molar refractivity (Wildman–Crippen MR) is 72.8 cm³/mol. The van der Waals surface area contributed by atoms with E-state index in [4.69, 9.17) is 0 Å². The normalized spacial score (nSPS) is 17.6. The van der Waals surface area contributed by atoms with Gasteiger partial charge in [-0.25, -0.2) is 0 Å². The van der Waals surface area contributed by atoms with Crippen LogP contribution in [0.4, 0.5) is 0 Å². The van der Waals surface area contributed by atoms with Crippen LogP contribution in [-0.2, 0) is 0 Å². The number of phenols is 1. The van der Waals surface area contributed by atoms with E-state index in [1.54, 1.807) is 0 Å². The SMILES string of the molecule is Cc1cc(C2CCCCC2)cc(O)c1C(C)C. The van der Waals surface area contributed by atoms with Crippen LogP contribution < -0.4 is 0 Å². The third kappa shape index (κ3) is 2.65. The van der Waals surface area contributed by atoms with Crippen LogP contribution in [0.25, 0.3) is 0 Å². The summed E-state index contributed by atoms with van der Waals surface area (Å²) in [6.45, 7) is 6.41. The largest absolute Gasteiger partial charge is 0.508 e. The number of phenolic OH excluding ortho intramolecular Hbond substituents is 1. The van der Waals surface area contributed by atoms with Gasteiger partial charge in [0.1, 0.15) is 5.75 Å². The molecule has 1 fully saturated rings. The average Bonchev–Trinajstić information content (AvgIpc) is 2.28. The maximum atomic E-state index is 10.2. The monoisotopic (exact) mass is 232 g/mol. The van der Waals surface area contributed by atoms with Crippen molar-refractivity contribution in [3.8, 4) is 5.75 Å². The Morgan fingerprint density at radius 1 is 1.12 bits per heavy atom. The maximum absolute atomic E-state index is 10.2. The van der Waals surface area contributed by atoms with Gasteiger partial charge in [-0.2, -0.15) is 0 Å². The fourth-order valence-corrected chi connectivity index (χ4v) is 3.23. The molecule has 0 atom stereocenters. The van der Waals surface area contributed by atoms with Crippen LogP contribution in [0.3, 0.4) is 0 Å². The molecule has 0 bridgehead atoms. The van der Waals surface area contributed by atoms with Crippen molar-refractivity contribution in [3.05, 3.63) is 28.8 Å². The standard InChI is InChI=1S/C16H24O/c1-11(2)16-12(3)9-14(10-15(16)17)13-7-5-4-6-8-13/h9-11,13,17H,4-8H2,1-3H3. The Labute approximate surface area is 105 Å². The van der Waals surface area contributed by atoms with Crippen molar-refractivity contribution in [1.29, 1.82) is 0 Å². The highest BCUT2D eigenvalue weighted by atomic mass is 16.3. The first kappa shape index (κ1) is 12.5. The lowest BCUT2D eigenvalue weighted by atomic mass is 9.82. The number of aromatic hydroxyl groups is 1. The Balaban J connectivity index is 2.31. The van der Waals surface area contributed by atoms with Gasteiger partial charge in [-0.1, -0.05) is 39.2 Å². The molecule has 1 heteroatoms. The first-order chi connectivity index (χ1) is 8.09. The van der Waals surface area contributed by atoms with E-state index in [1.807, 2.05) is 6.07 Å². The summed E-state index contributed by atoms with van der Waals surface area (Å²) in [6, 6.07) is 4.31. The summed E-state index contributed by atoms with van der Waals surface area (Å²) in [4.78, 5) is 0. The van der Waals surface area contributed by atoms with Crippen LogP contribution in [0.5, 0.6) is 5.75 Å². The van der Waals surface area contributed by atoms with E-state index in [9.17, 15) is 5.11 Å². The van der Waals surface area contributed by atoms with E-state index in [1.165, 1.54) is 43.2 Å². The van der Waals surface area contributed by atoms with E-state index in [0.29, 0.717) is 17.6 Å². The Hall–Kier alpha value is -0.980. The van der Waals surface area contributed by atoms with Crippen LogP contribution in [0.1, 0.15) is 74.5 Å². The number of aryl methyl sites for hydroxylation is 1. The highest BCUT2D eigenvalue weighted by molar-refractivity contribution is 5.45. The molecule has 0 aromatic heterocycles. The molecule has 1 aromatic carbocycles. The molecule has 17 heavy (non-hydrogen) atoms. The number of hydrogen-bond donors (Lipinski definition) is 1. The van der Waals surface area contributed by atoms with Crippen molar-refractivity contribution in [2.45, 2.75) is 64.7 Å². The van der Waals surface area contributed by atoms with Gasteiger partial charge in [-0.15, -0.1) is 0 Å². The highest BCUT2D eigenvalue weighted by Crippen LogP contribution is 2.37. The zero-order valence-corrected chi connectivity index (χ0v) is 11.3. The second kappa shape index (κ2) is 5.12. The average molecular weight is 232 g/mol. The van der Waals surface area contributed by atoms with Crippen molar-refractivity contribution >= 4 is 0 Å². The zero-order chi connectivity index (χ0) is 12.4. The number of hydrogen-bond acceptors (Lipinski definition) is 1. The van der Waals surface area contributed by atoms with Crippen molar-refractivity contribution in [2.75, 3.05) is 0 Å². The summed E-state index contributed by atoms with van der Waals surface area (Å²) in [6.07, 6.45) is 6.65. The first-order valence-electron chi connectivity index (χ1n) is 6.93. The van der Waals surface area contributed by atoms with Gasteiger partial charge in [-0.3, -0.25) is 0 Å². The molecule has 0 aliphatic heterocycles. The van der Waals surface area contributed by atoms with Gasteiger partial charge in [0, 0.05) is 0 Å². The second-order valence-corrected chi connectivity index (χ2v) is 5.76.